The Morgan fingerprint density at radius 2 is 1.88 bits per heavy atom. The molecule has 1 saturated heterocycles. The summed E-state index contributed by atoms with van der Waals surface area (Å²) < 4.78 is 18.8. The van der Waals surface area contributed by atoms with Crippen LogP contribution in [0.2, 0.25) is 0 Å². The molecule has 3 aromatic rings. The van der Waals surface area contributed by atoms with Gasteiger partial charge in [0.05, 0.1) is 33.2 Å². The van der Waals surface area contributed by atoms with Gasteiger partial charge < -0.3 is 18.8 Å². The number of nitrogens with one attached hydrogen (secondary N) is 1. The lowest BCUT2D eigenvalue weighted by atomic mass is 9.98. The lowest BCUT2D eigenvalue weighted by molar-refractivity contribution is 0.128. The summed E-state index contributed by atoms with van der Waals surface area (Å²) in [6.45, 7) is 5.02. The number of imidazole rings is 1. The minimum absolute atomic E-state index is 0.549. The lowest BCUT2D eigenvalue weighted by Crippen LogP contribution is -2.39. The molecule has 2 aromatic heterocycles. The Bertz CT molecular complexity index is 1000. The first kappa shape index (κ1) is 22.2. The highest BCUT2D eigenvalue weighted by atomic mass is 16.5. The standard InChI is InChI=1S/C24H33N5O3/c1-17-25-9-12-28(17)11-8-20-7-5-6-10-29(20)16-19-15-26-27-23(19)18-13-21(30-2)24(32-4)22(14-18)31-3/h9,12-15,20H,5-8,10-11,16H2,1-4H3,(H,26,27)/t20-/m0/s1. The van der Waals surface area contributed by atoms with E-state index >= 15 is 0 Å². The van der Waals surface area contributed by atoms with Crippen LogP contribution in [-0.2, 0) is 13.1 Å². The third-order valence-corrected chi connectivity index (χ3v) is 6.42. The Labute approximate surface area is 189 Å². The van der Waals surface area contributed by atoms with Gasteiger partial charge in [-0.1, -0.05) is 6.42 Å². The van der Waals surface area contributed by atoms with E-state index < -0.39 is 0 Å². The van der Waals surface area contributed by atoms with Crippen LogP contribution in [0.1, 0.15) is 37.1 Å². The lowest BCUT2D eigenvalue weighted by Gasteiger charge is -2.36. The number of piperidine rings is 1. The predicted molar refractivity (Wildman–Crippen MR) is 123 cm³/mol. The summed E-state index contributed by atoms with van der Waals surface area (Å²) in [6.07, 6.45) is 10.8. The Balaban J connectivity index is 1.54. The summed E-state index contributed by atoms with van der Waals surface area (Å²) >= 11 is 0. The van der Waals surface area contributed by atoms with Crippen LogP contribution >= 0.6 is 0 Å². The molecule has 0 spiro atoms. The number of rotatable bonds is 9. The molecule has 4 rings (SSSR count). The van der Waals surface area contributed by atoms with Gasteiger partial charge in [-0.25, -0.2) is 4.98 Å². The van der Waals surface area contributed by atoms with Gasteiger partial charge in [0.1, 0.15) is 5.82 Å². The van der Waals surface area contributed by atoms with E-state index in [0.29, 0.717) is 23.3 Å². The molecule has 8 heteroatoms. The van der Waals surface area contributed by atoms with Crippen molar-refractivity contribution in [2.45, 2.75) is 51.7 Å². The second kappa shape index (κ2) is 10.1. The van der Waals surface area contributed by atoms with Gasteiger partial charge in [0.2, 0.25) is 5.75 Å². The van der Waals surface area contributed by atoms with Crippen molar-refractivity contribution in [1.29, 1.82) is 0 Å². The van der Waals surface area contributed by atoms with Gasteiger partial charge in [-0.05, 0) is 44.9 Å². The zero-order valence-electron chi connectivity index (χ0n) is 19.4. The first-order valence-electron chi connectivity index (χ1n) is 11.2. The number of hydrogen-bond acceptors (Lipinski definition) is 6. The number of ether oxygens (including phenoxy) is 3. The molecule has 1 aromatic carbocycles. The zero-order valence-corrected chi connectivity index (χ0v) is 19.4. The van der Waals surface area contributed by atoms with E-state index in [0.717, 1.165) is 43.1 Å². The van der Waals surface area contributed by atoms with Crippen molar-refractivity contribution >= 4 is 0 Å². The fraction of sp³-hybridized carbons (Fsp3) is 0.500. The van der Waals surface area contributed by atoms with Crippen molar-refractivity contribution in [2.24, 2.45) is 0 Å². The highest BCUT2D eigenvalue weighted by molar-refractivity contribution is 5.70. The maximum Gasteiger partial charge on any atom is 0.203 e. The first-order valence-corrected chi connectivity index (χ1v) is 11.2. The molecule has 1 aliphatic rings. The number of methoxy groups -OCH3 is 3. The summed E-state index contributed by atoms with van der Waals surface area (Å²) in [5, 5.41) is 7.55. The van der Waals surface area contributed by atoms with Crippen molar-refractivity contribution in [1.82, 2.24) is 24.6 Å². The Hall–Kier alpha value is -3.00. The van der Waals surface area contributed by atoms with Crippen molar-refractivity contribution in [3.63, 3.8) is 0 Å². The van der Waals surface area contributed by atoms with Crippen molar-refractivity contribution in [3.8, 4) is 28.5 Å². The first-order chi connectivity index (χ1) is 15.6. The molecule has 0 saturated carbocycles. The summed E-state index contributed by atoms with van der Waals surface area (Å²) in [5.74, 6) is 2.93. The fourth-order valence-corrected chi connectivity index (χ4v) is 4.65. The van der Waals surface area contributed by atoms with E-state index in [1.54, 1.807) is 21.3 Å². The molecule has 1 aliphatic heterocycles. The third-order valence-electron chi connectivity index (χ3n) is 6.42. The second-order valence-electron chi connectivity index (χ2n) is 8.26. The van der Waals surface area contributed by atoms with Crippen molar-refractivity contribution in [2.75, 3.05) is 27.9 Å². The molecule has 1 N–H and O–H groups in total. The van der Waals surface area contributed by atoms with E-state index in [9.17, 15) is 0 Å². The van der Waals surface area contributed by atoms with Crippen molar-refractivity contribution < 1.29 is 14.2 Å². The van der Waals surface area contributed by atoms with Crippen LogP contribution < -0.4 is 14.2 Å². The van der Waals surface area contributed by atoms with E-state index in [4.69, 9.17) is 14.2 Å². The quantitative estimate of drug-likeness (QED) is 0.542. The highest BCUT2D eigenvalue weighted by Gasteiger charge is 2.25. The van der Waals surface area contributed by atoms with Crippen LogP contribution in [0.25, 0.3) is 11.3 Å². The fourth-order valence-electron chi connectivity index (χ4n) is 4.65. The van der Waals surface area contributed by atoms with Gasteiger partial charge in [0.25, 0.3) is 0 Å². The van der Waals surface area contributed by atoms with Crippen LogP contribution in [0, 0.1) is 6.92 Å². The largest absolute Gasteiger partial charge is 0.493 e. The van der Waals surface area contributed by atoms with Gasteiger partial charge >= 0.3 is 0 Å². The van der Waals surface area contributed by atoms with E-state index in [1.807, 2.05) is 24.5 Å². The number of hydrogen-bond donors (Lipinski definition) is 1. The summed E-state index contributed by atoms with van der Waals surface area (Å²) in [4.78, 5) is 6.95. The molecule has 172 valence electrons. The molecule has 32 heavy (non-hydrogen) atoms. The Kier molecular flexibility index (Phi) is 6.99. The minimum Gasteiger partial charge on any atom is -0.493 e. The number of likely N-dealkylation sites (tertiary alicyclic amines) is 1. The van der Waals surface area contributed by atoms with E-state index in [1.165, 1.54) is 24.8 Å². The Morgan fingerprint density at radius 1 is 1.09 bits per heavy atom. The molecule has 3 heterocycles. The predicted octanol–water partition coefficient (Wildman–Crippen LogP) is 4.05. The highest BCUT2D eigenvalue weighted by Crippen LogP contribution is 2.41. The van der Waals surface area contributed by atoms with E-state index in [-0.39, 0.29) is 0 Å². The average molecular weight is 440 g/mol. The molecule has 0 unspecified atom stereocenters. The Morgan fingerprint density at radius 3 is 2.53 bits per heavy atom. The van der Waals surface area contributed by atoms with Gasteiger partial charge in [0, 0.05) is 42.7 Å². The number of aromatic amines is 1. The summed E-state index contributed by atoms with van der Waals surface area (Å²) in [6, 6.07) is 4.48. The maximum absolute atomic E-state index is 5.54. The number of benzene rings is 1. The molecule has 8 nitrogen and oxygen atoms in total. The van der Waals surface area contributed by atoms with Crippen molar-refractivity contribution in [3.05, 3.63) is 42.1 Å². The molecular weight excluding hydrogens is 406 g/mol. The third kappa shape index (κ3) is 4.60. The number of aromatic nitrogens is 4. The normalized spacial score (nSPS) is 16.8. The molecule has 0 amide bonds. The molecule has 0 radical (unpaired) electrons. The van der Waals surface area contributed by atoms with Gasteiger partial charge in [-0.3, -0.25) is 10.00 Å². The smallest absolute Gasteiger partial charge is 0.203 e. The molecule has 1 fully saturated rings. The van der Waals surface area contributed by atoms with Crippen LogP contribution in [0.5, 0.6) is 17.2 Å². The SMILES string of the molecule is COc1cc(-c2[nH]ncc2CN2CCCC[C@H]2CCn2ccnc2C)cc(OC)c1OC. The van der Waals surface area contributed by atoms with Gasteiger partial charge in [-0.2, -0.15) is 5.10 Å². The minimum atomic E-state index is 0.549. The number of H-pyrrole nitrogens is 1. The topological polar surface area (TPSA) is 77.4 Å². The molecule has 0 bridgehead atoms. The maximum atomic E-state index is 5.54. The number of nitrogens with zero attached hydrogens (tertiary/aromatic N) is 4. The number of aryl methyl sites for hydroxylation is 2. The van der Waals surface area contributed by atoms with Gasteiger partial charge in [0.15, 0.2) is 11.5 Å². The molecule has 0 aliphatic carbocycles. The molecular formula is C24H33N5O3. The van der Waals surface area contributed by atoms with Crippen LogP contribution in [0.3, 0.4) is 0 Å². The monoisotopic (exact) mass is 439 g/mol. The second-order valence-corrected chi connectivity index (χ2v) is 8.26. The summed E-state index contributed by atoms with van der Waals surface area (Å²) in [5.41, 5.74) is 3.12. The molecule has 1 atom stereocenters. The van der Waals surface area contributed by atoms with E-state index in [2.05, 4.69) is 37.8 Å². The zero-order chi connectivity index (χ0) is 22.5. The van der Waals surface area contributed by atoms with Crippen LogP contribution in [0.15, 0.2) is 30.7 Å². The van der Waals surface area contributed by atoms with Crippen LogP contribution in [-0.4, -0.2) is 58.6 Å². The van der Waals surface area contributed by atoms with Crippen LogP contribution in [0.4, 0.5) is 0 Å². The average Bonchev–Trinajstić information content (AvgIpc) is 3.46. The van der Waals surface area contributed by atoms with Gasteiger partial charge in [-0.15, -0.1) is 0 Å². The summed E-state index contributed by atoms with van der Waals surface area (Å²) in [7, 11) is 4.88.